The second-order valence-electron chi connectivity index (χ2n) is 3.94. The maximum Gasteiger partial charge on any atom is 0.395 e. The van der Waals surface area contributed by atoms with Gasteiger partial charge in [0.15, 0.2) is 0 Å². The van der Waals surface area contributed by atoms with Gasteiger partial charge in [-0.05, 0) is 6.92 Å². The predicted octanol–water partition coefficient (Wildman–Crippen LogP) is 3.05. The van der Waals surface area contributed by atoms with Gasteiger partial charge in [-0.15, -0.1) is 11.3 Å². The van der Waals surface area contributed by atoms with Gasteiger partial charge in [0.05, 0.1) is 12.1 Å². The molecule has 0 saturated carbocycles. The maximum atomic E-state index is 12.1. The van der Waals surface area contributed by atoms with Crippen LogP contribution in [0.1, 0.15) is 29.4 Å². The van der Waals surface area contributed by atoms with Gasteiger partial charge in [-0.1, -0.05) is 13.8 Å². The van der Waals surface area contributed by atoms with Crippen LogP contribution >= 0.6 is 11.3 Å². The predicted molar refractivity (Wildman–Crippen MR) is 58.6 cm³/mol. The van der Waals surface area contributed by atoms with Crippen LogP contribution in [0.25, 0.3) is 0 Å². The first kappa shape index (κ1) is 13.4. The van der Waals surface area contributed by atoms with Gasteiger partial charge in [-0.2, -0.15) is 13.2 Å². The Bertz CT molecular complexity index is 344. The van der Waals surface area contributed by atoms with Crippen LogP contribution in [0, 0.1) is 6.92 Å². The Labute approximate surface area is 96.9 Å². The topological polar surface area (TPSA) is 24.9 Å². The molecule has 0 bridgehead atoms. The summed E-state index contributed by atoms with van der Waals surface area (Å²) in [6, 6.07) is 0.313. The zero-order chi connectivity index (χ0) is 12.3. The molecule has 1 heterocycles. The van der Waals surface area contributed by atoms with E-state index in [1.54, 1.807) is 6.92 Å². The van der Waals surface area contributed by atoms with Crippen molar-refractivity contribution in [3.05, 3.63) is 15.6 Å². The van der Waals surface area contributed by atoms with E-state index in [1.807, 2.05) is 13.8 Å². The van der Waals surface area contributed by atoms with Crippen molar-refractivity contribution in [1.29, 1.82) is 0 Å². The first-order chi connectivity index (χ1) is 7.28. The number of thiazole rings is 1. The lowest BCUT2D eigenvalue weighted by Crippen LogP contribution is -2.21. The number of alkyl halides is 3. The number of aryl methyl sites for hydroxylation is 1. The lowest BCUT2D eigenvalue weighted by molar-refractivity contribution is -0.127. The van der Waals surface area contributed by atoms with E-state index in [0.29, 0.717) is 18.3 Å². The highest BCUT2D eigenvalue weighted by Gasteiger charge is 2.29. The minimum atomic E-state index is -4.17. The normalized spacial score (nSPS) is 12.4. The molecule has 0 aliphatic carbocycles. The van der Waals surface area contributed by atoms with Gasteiger partial charge in [-0.3, -0.25) is 0 Å². The third-order valence-electron chi connectivity index (χ3n) is 1.96. The van der Waals surface area contributed by atoms with Crippen molar-refractivity contribution in [2.45, 2.75) is 46.0 Å². The lowest BCUT2D eigenvalue weighted by atomic mass is 10.3. The molecule has 0 aliphatic rings. The summed E-state index contributed by atoms with van der Waals surface area (Å²) >= 11 is 1.13. The van der Waals surface area contributed by atoms with Crippen LogP contribution in [0.5, 0.6) is 0 Å². The molecule has 0 aromatic carbocycles. The molecule has 1 N–H and O–H groups in total. The van der Waals surface area contributed by atoms with Gasteiger partial charge in [0.1, 0.15) is 5.01 Å². The van der Waals surface area contributed by atoms with Crippen molar-refractivity contribution >= 4 is 11.3 Å². The van der Waals surface area contributed by atoms with Crippen molar-refractivity contribution in [3.63, 3.8) is 0 Å². The first-order valence-electron chi connectivity index (χ1n) is 5.03. The summed E-state index contributed by atoms with van der Waals surface area (Å²) in [5, 5.41) is 3.31. The monoisotopic (exact) mass is 252 g/mol. The van der Waals surface area contributed by atoms with Crippen molar-refractivity contribution in [1.82, 2.24) is 10.3 Å². The number of hydrogen-bond donors (Lipinski definition) is 1. The van der Waals surface area contributed by atoms with Crippen LogP contribution in [-0.2, 0) is 13.0 Å². The van der Waals surface area contributed by atoms with Gasteiger partial charge in [0.25, 0.3) is 0 Å². The van der Waals surface area contributed by atoms with Gasteiger partial charge < -0.3 is 5.32 Å². The highest BCUT2D eigenvalue weighted by atomic mass is 32.1. The Morgan fingerprint density at radius 1 is 1.38 bits per heavy atom. The Hall–Kier alpha value is -0.620. The largest absolute Gasteiger partial charge is 0.395 e. The van der Waals surface area contributed by atoms with Crippen LogP contribution in [0.2, 0.25) is 0 Å². The van der Waals surface area contributed by atoms with E-state index in [0.717, 1.165) is 16.2 Å². The van der Waals surface area contributed by atoms with E-state index < -0.39 is 12.6 Å². The van der Waals surface area contributed by atoms with Crippen LogP contribution in [0.3, 0.4) is 0 Å². The standard InChI is InChI=1S/C10H15F3N2S/c1-6(2)14-5-8-7(3)15-9(16-8)4-10(11,12)13/h6,14H,4-5H2,1-3H3. The molecular formula is C10H15F3N2S. The van der Waals surface area contributed by atoms with Gasteiger partial charge in [0, 0.05) is 17.5 Å². The average Bonchev–Trinajstić information content (AvgIpc) is 2.39. The van der Waals surface area contributed by atoms with Crippen LogP contribution < -0.4 is 5.32 Å². The third-order valence-corrected chi connectivity index (χ3v) is 3.12. The van der Waals surface area contributed by atoms with E-state index in [2.05, 4.69) is 10.3 Å². The molecule has 1 rings (SSSR count). The molecule has 16 heavy (non-hydrogen) atoms. The van der Waals surface area contributed by atoms with Gasteiger partial charge >= 0.3 is 6.18 Å². The second kappa shape index (κ2) is 5.14. The smallest absolute Gasteiger partial charge is 0.310 e. The summed E-state index contributed by atoms with van der Waals surface area (Å²) in [6.45, 7) is 6.31. The highest BCUT2D eigenvalue weighted by molar-refractivity contribution is 7.11. The Kier molecular flexibility index (Phi) is 4.32. The van der Waals surface area contributed by atoms with Crippen LogP contribution in [0.15, 0.2) is 0 Å². The van der Waals surface area contributed by atoms with E-state index in [-0.39, 0.29) is 5.01 Å². The quantitative estimate of drug-likeness (QED) is 0.890. The summed E-state index contributed by atoms with van der Waals surface area (Å²) in [7, 11) is 0. The molecule has 0 atom stereocenters. The molecule has 0 saturated heterocycles. The maximum absolute atomic E-state index is 12.1. The molecule has 2 nitrogen and oxygen atoms in total. The van der Waals surface area contributed by atoms with Crippen molar-refractivity contribution in [2.24, 2.45) is 0 Å². The van der Waals surface area contributed by atoms with Crippen LogP contribution in [0.4, 0.5) is 13.2 Å². The molecule has 0 unspecified atom stereocenters. The molecule has 0 aliphatic heterocycles. The number of nitrogens with one attached hydrogen (secondary N) is 1. The first-order valence-corrected chi connectivity index (χ1v) is 5.85. The number of hydrogen-bond acceptors (Lipinski definition) is 3. The van der Waals surface area contributed by atoms with Gasteiger partial charge in [0.2, 0.25) is 0 Å². The Morgan fingerprint density at radius 2 is 2.00 bits per heavy atom. The molecule has 1 aromatic rings. The zero-order valence-electron chi connectivity index (χ0n) is 9.48. The molecule has 6 heteroatoms. The molecule has 0 amide bonds. The Balaban J connectivity index is 2.66. The number of halogens is 3. The minimum Gasteiger partial charge on any atom is -0.310 e. The molecule has 92 valence electrons. The zero-order valence-corrected chi connectivity index (χ0v) is 10.3. The van der Waals surface area contributed by atoms with Crippen molar-refractivity contribution < 1.29 is 13.2 Å². The van der Waals surface area contributed by atoms with Crippen molar-refractivity contribution in [2.75, 3.05) is 0 Å². The van der Waals surface area contributed by atoms with E-state index >= 15 is 0 Å². The third kappa shape index (κ3) is 4.49. The molecular weight excluding hydrogens is 237 g/mol. The molecule has 0 fully saturated rings. The van der Waals surface area contributed by atoms with Crippen LogP contribution in [-0.4, -0.2) is 17.2 Å². The summed E-state index contributed by atoms with van der Waals surface area (Å²) in [5.41, 5.74) is 0.692. The number of aromatic nitrogens is 1. The number of rotatable bonds is 4. The number of nitrogens with zero attached hydrogens (tertiary/aromatic N) is 1. The molecule has 1 aromatic heterocycles. The lowest BCUT2D eigenvalue weighted by Gasteiger charge is -2.05. The van der Waals surface area contributed by atoms with E-state index in [9.17, 15) is 13.2 Å². The SMILES string of the molecule is Cc1nc(CC(F)(F)F)sc1CNC(C)C. The summed E-state index contributed by atoms with van der Waals surface area (Å²) < 4.78 is 36.4. The summed E-state index contributed by atoms with van der Waals surface area (Å²) in [6.07, 6.45) is -5.10. The second-order valence-corrected chi connectivity index (χ2v) is 5.11. The fourth-order valence-corrected chi connectivity index (χ4v) is 2.25. The average molecular weight is 252 g/mol. The fourth-order valence-electron chi connectivity index (χ4n) is 1.20. The van der Waals surface area contributed by atoms with Gasteiger partial charge in [-0.25, -0.2) is 4.98 Å². The van der Waals surface area contributed by atoms with E-state index in [4.69, 9.17) is 0 Å². The van der Waals surface area contributed by atoms with E-state index in [1.165, 1.54) is 0 Å². The summed E-state index contributed by atoms with van der Waals surface area (Å²) in [5.74, 6) is 0. The van der Waals surface area contributed by atoms with Crippen molar-refractivity contribution in [3.8, 4) is 0 Å². The highest BCUT2D eigenvalue weighted by Crippen LogP contribution is 2.26. The fraction of sp³-hybridized carbons (Fsp3) is 0.700. The Morgan fingerprint density at radius 3 is 2.50 bits per heavy atom. The molecule has 0 radical (unpaired) electrons. The minimum absolute atomic E-state index is 0.144. The molecule has 0 spiro atoms. The summed E-state index contributed by atoms with van der Waals surface area (Å²) in [4.78, 5) is 4.81.